The number of halogens is 3. The van der Waals surface area contributed by atoms with Gasteiger partial charge in [0.2, 0.25) is 5.28 Å². The molecular formula is C7H4Cl2IN3. The van der Waals surface area contributed by atoms with Crippen molar-refractivity contribution >= 4 is 56.8 Å². The molecule has 0 unspecified atom stereocenters. The van der Waals surface area contributed by atoms with Crippen molar-refractivity contribution in [1.29, 1.82) is 0 Å². The van der Waals surface area contributed by atoms with Gasteiger partial charge in [0.1, 0.15) is 10.8 Å². The van der Waals surface area contributed by atoms with Crippen LogP contribution in [0.5, 0.6) is 0 Å². The maximum atomic E-state index is 5.93. The Labute approximate surface area is 98.2 Å². The fourth-order valence-corrected chi connectivity index (χ4v) is 2.70. The third kappa shape index (κ3) is 1.51. The number of hydrogen-bond donors (Lipinski definition) is 0. The van der Waals surface area contributed by atoms with Crippen LogP contribution < -0.4 is 0 Å². The van der Waals surface area contributed by atoms with Crippen LogP contribution in [0.25, 0.3) is 11.0 Å². The van der Waals surface area contributed by atoms with E-state index in [2.05, 4.69) is 32.6 Å². The molecule has 0 saturated carbocycles. The van der Waals surface area contributed by atoms with Crippen LogP contribution in [0.1, 0.15) is 0 Å². The number of fused-ring (bicyclic) bond motifs is 1. The lowest BCUT2D eigenvalue weighted by Gasteiger charge is -1.96. The Kier molecular flexibility index (Phi) is 2.37. The van der Waals surface area contributed by atoms with Crippen LogP contribution in [0, 0.1) is 3.57 Å². The fraction of sp³-hybridized carbons (Fsp3) is 0.143. The molecule has 0 aliphatic heterocycles. The first kappa shape index (κ1) is 9.48. The summed E-state index contributed by atoms with van der Waals surface area (Å²) in [6, 6.07) is 0. The lowest BCUT2D eigenvalue weighted by atomic mass is 10.4. The summed E-state index contributed by atoms with van der Waals surface area (Å²) in [5.74, 6) is 0. The summed E-state index contributed by atoms with van der Waals surface area (Å²) >= 11 is 13.8. The van der Waals surface area contributed by atoms with Crippen molar-refractivity contribution in [3.8, 4) is 0 Å². The van der Waals surface area contributed by atoms with Gasteiger partial charge in [0.25, 0.3) is 0 Å². The summed E-state index contributed by atoms with van der Waals surface area (Å²) in [7, 11) is 1.89. The normalized spacial score (nSPS) is 11.1. The van der Waals surface area contributed by atoms with Crippen LogP contribution in [0.3, 0.4) is 0 Å². The lowest BCUT2D eigenvalue weighted by Crippen LogP contribution is -1.90. The van der Waals surface area contributed by atoms with Gasteiger partial charge in [-0.3, -0.25) is 0 Å². The molecule has 2 aromatic heterocycles. The van der Waals surface area contributed by atoms with Crippen LogP contribution in [-0.4, -0.2) is 14.5 Å². The largest absolute Gasteiger partial charge is 0.334 e. The lowest BCUT2D eigenvalue weighted by molar-refractivity contribution is 0.941. The fourth-order valence-electron chi connectivity index (χ4n) is 1.15. The second-order valence-corrected chi connectivity index (χ2v) is 4.43. The predicted octanol–water partition coefficient (Wildman–Crippen LogP) is 2.88. The molecule has 0 saturated heterocycles. The second kappa shape index (κ2) is 3.25. The molecule has 6 heteroatoms. The molecule has 0 amide bonds. The van der Waals surface area contributed by atoms with E-state index in [1.54, 1.807) is 0 Å². The van der Waals surface area contributed by atoms with E-state index in [9.17, 15) is 0 Å². The quantitative estimate of drug-likeness (QED) is 0.423. The molecule has 0 radical (unpaired) electrons. The maximum absolute atomic E-state index is 5.93. The van der Waals surface area contributed by atoms with Gasteiger partial charge in [-0.15, -0.1) is 0 Å². The molecule has 0 spiro atoms. The zero-order chi connectivity index (χ0) is 9.59. The van der Waals surface area contributed by atoms with Gasteiger partial charge in [0.15, 0.2) is 0 Å². The summed E-state index contributed by atoms with van der Waals surface area (Å²) in [6.07, 6.45) is 1.93. The average molecular weight is 328 g/mol. The van der Waals surface area contributed by atoms with E-state index in [1.807, 2.05) is 17.8 Å². The van der Waals surface area contributed by atoms with Crippen LogP contribution in [0.15, 0.2) is 6.20 Å². The first-order valence-corrected chi connectivity index (χ1v) is 5.26. The third-order valence-electron chi connectivity index (χ3n) is 1.70. The highest BCUT2D eigenvalue weighted by atomic mass is 127. The van der Waals surface area contributed by atoms with Crippen molar-refractivity contribution in [3.05, 3.63) is 20.2 Å². The Morgan fingerprint density at radius 2 is 2.08 bits per heavy atom. The van der Waals surface area contributed by atoms with Crippen LogP contribution in [0.2, 0.25) is 10.4 Å². The number of rotatable bonds is 0. The molecular weight excluding hydrogens is 324 g/mol. The number of nitrogens with zero attached hydrogens (tertiary/aromatic N) is 3. The van der Waals surface area contributed by atoms with Gasteiger partial charge in [-0.2, -0.15) is 4.98 Å². The molecule has 0 aromatic carbocycles. The average Bonchev–Trinajstić information content (AvgIpc) is 2.27. The van der Waals surface area contributed by atoms with Crippen LogP contribution >= 0.6 is 45.8 Å². The SMILES string of the molecule is Cn1cc(I)c2c(Cl)nc(Cl)nc21. The standard InChI is InChI=1S/C7H4Cl2IN3/c1-13-2-3(10)4-5(8)11-7(9)12-6(4)13/h2H,1H3. The van der Waals surface area contributed by atoms with Gasteiger partial charge in [-0.25, -0.2) is 4.98 Å². The first-order chi connectivity index (χ1) is 6.09. The van der Waals surface area contributed by atoms with Crippen molar-refractivity contribution in [2.75, 3.05) is 0 Å². The number of aryl methyl sites for hydroxylation is 1. The van der Waals surface area contributed by atoms with E-state index in [0.717, 1.165) is 14.6 Å². The molecule has 3 nitrogen and oxygen atoms in total. The van der Waals surface area contributed by atoms with Gasteiger partial charge in [-0.05, 0) is 34.2 Å². The first-order valence-electron chi connectivity index (χ1n) is 3.43. The highest BCUT2D eigenvalue weighted by Crippen LogP contribution is 2.27. The Morgan fingerprint density at radius 1 is 1.38 bits per heavy atom. The minimum absolute atomic E-state index is 0.176. The molecule has 2 heterocycles. The van der Waals surface area contributed by atoms with Crippen molar-refractivity contribution in [2.24, 2.45) is 7.05 Å². The van der Waals surface area contributed by atoms with Crippen molar-refractivity contribution in [3.63, 3.8) is 0 Å². The summed E-state index contributed by atoms with van der Waals surface area (Å²) in [5.41, 5.74) is 0.759. The van der Waals surface area contributed by atoms with Crippen LogP contribution in [0.4, 0.5) is 0 Å². The predicted molar refractivity (Wildman–Crippen MR) is 61.2 cm³/mol. The summed E-state index contributed by atoms with van der Waals surface area (Å²) in [5, 5.41) is 1.43. The minimum atomic E-state index is 0.176. The van der Waals surface area contributed by atoms with Crippen molar-refractivity contribution in [1.82, 2.24) is 14.5 Å². The molecule has 2 aromatic rings. The maximum Gasteiger partial charge on any atom is 0.225 e. The Bertz CT molecular complexity index is 480. The van der Waals surface area contributed by atoms with E-state index in [1.165, 1.54) is 0 Å². The van der Waals surface area contributed by atoms with Gasteiger partial charge < -0.3 is 4.57 Å². The van der Waals surface area contributed by atoms with Gasteiger partial charge >= 0.3 is 0 Å². The molecule has 0 aliphatic rings. The smallest absolute Gasteiger partial charge is 0.225 e. The number of aromatic nitrogens is 3. The molecule has 0 bridgehead atoms. The zero-order valence-corrected chi connectivity index (χ0v) is 10.2. The third-order valence-corrected chi connectivity index (χ3v) is 2.96. The molecule has 13 heavy (non-hydrogen) atoms. The molecule has 0 N–H and O–H groups in total. The highest BCUT2D eigenvalue weighted by molar-refractivity contribution is 14.1. The summed E-state index contributed by atoms with van der Waals surface area (Å²) in [6.45, 7) is 0. The van der Waals surface area contributed by atoms with E-state index in [-0.39, 0.29) is 5.28 Å². The zero-order valence-electron chi connectivity index (χ0n) is 6.55. The molecule has 2 rings (SSSR count). The summed E-state index contributed by atoms with van der Waals surface area (Å²) in [4.78, 5) is 7.96. The number of hydrogen-bond acceptors (Lipinski definition) is 2. The van der Waals surface area contributed by atoms with Gasteiger partial charge in [0, 0.05) is 16.8 Å². The van der Waals surface area contributed by atoms with Gasteiger partial charge in [0.05, 0.1) is 5.39 Å². The van der Waals surface area contributed by atoms with Gasteiger partial charge in [-0.1, -0.05) is 11.6 Å². The monoisotopic (exact) mass is 327 g/mol. The Morgan fingerprint density at radius 3 is 2.77 bits per heavy atom. The molecule has 0 atom stereocenters. The van der Waals surface area contributed by atoms with E-state index in [4.69, 9.17) is 23.2 Å². The summed E-state index contributed by atoms with van der Waals surface area (Å²) < 4.78 is 2.90. The molecule has 0 aliphatic carbocycles. The van der Waals surface area contributed by atoms with E-state index < -0.39 is 0 Å². The Balaban J connectivity index is 2.97. The highest BCUT2D eigenvalue weighted by Gasteiger charge is 2.11. The molecule has 68 valence electrons. The van der Waals surface area contributed by atoms with Crippen molar-refractivity contribution < 1.29 is 0 Å². The second-order valence-electron chi connectivity index (χ2n) is 2.57. The molecule has 0 fully saturated rings. The Hall–Kier alpha value is -0.0700. The van der Waals surface area contributed by atoms with Crippen LogP contribution in [-0.2, 0) is 7.05 Å². The van der Waals surface area contributed by atoms with E-state index in [0.29, 0.717) is 5.15 Å². The minimum Gasteiger partial charge on any atom is -0.334 e. The topological polar surface area (TPSA) is 30.7 Å². The van der Waals surface area contributed by atoms with E-state index >= 15 is 0 Å². The van der Waals surface area contributed by atoms with Crippen molar-refractivity contribution in [2.45, 2.75) is 0 Å².